The number of thiophene rings is 1. The predicted octanol–water partition coefficient (Wildman–Crippen LogP) is 4.58. The largest absolute Gasteiger partial charge is 0.490 e. The molecule has 0 amide bonds. The van der Waals surface area contributed by atoms with Crippen LogP contribution in [-0.4, -0.2) is 17.7 Å². The number of ether oxygens (including phenoxy) is 2. The van der Waals surface area contributed by atoms with Gasteiger partial charge in [0, 0.05) is 10.8 Å². The molecule has 1 heterocycles. The van der Waals surface area contributed by atoms with Gasteiger partial charge in [-0.25, -0.2) is 4.79 Å². The van der Waals surface area contributed by atoms with Gasteiger partial charge in [-0.2, -0.15) is 0 Å². The first-order chi connectivity index (χ1) is 11.2. The van der Waals surface area contributed by atoms with Crippen LogP contribution in [0.1, 0.15) is 22.2 Å². The lowest BCUT2D eigenvalue weighted by Gasteiger charge is -2.12. The van der Waals surface area contributed by atoms with E-state index in [1.54, 1.807) is 6.07 Å². The number of aromatic carboxylic acids is 1. The molecule has 0 unspecified atom stereocenters. The van der Waals surface area contributed by atoms with Crippen molar-refractivity contribution in [3.8, 4) is 11.5 Å². The average Bonchev–Trinajstić information content (AvgIpc) is 2.97. The van der Waals surface area contributed by atoms with Gasteiger partial charge in [0.2, 0.25) is 0 Å². The molecule has 0 fully saturated rings. The van der Waals surface area contributed by atoms with Gasteiger partial charge in [0.05, 0.1) is 6.61 Å². The molecule has 5 heteroatoms. The Balaban J connectivity index is 1.92. The highest BCUT2D eigenvalue weighted by atomic mass is 32.1. The lowest BCUT2D eigenvalue weighted by Crippen LogP contribution is -1.99. The fraction of sp³-hybridized carbons (Fsp3) is 0.167. The molecule has 0 radical (unpaired) electrons. The summed E-state index contributed by atoms with van der Waals surface area (Å²) in [5.41, 5.74) is 1.06. The number of carboxylic acids is 1. The molecule has 0 aliphatic carbocycles. The van der Waals surface area contributed by atoms with Gasteiger partial charge in [-0.05, 0) is 30.0 Å². The Morgan fingerprint density at radius 3 is 2.52 bits per heavy atom. The Morgan fingerprint density at radius 2 is 1.83 bits per heavy atom. The third-order valence-electron chi connectivity index (χ3n) is 3.33. The van der Waals surface area contributed by atoms with Gasteiger partial charge in [-0.3, -0.25) is 0 Å². The van der Waals surface area contributed by atoms with E-state index in [0.717, 1.165) is 15.6 Å². The van der Waals surface area contributed by atoms with E-state index in [4.69, 9.17) is 14.6 Å². The summed E-state index contributed by atoms with van der Waals surface area (Å²) < 4.78 is 12.4. The molecule has 0 aliphatic rings. The maximum Gasteiger partial charge on any atom is 0.345 e. The molecule has 1 aromatic heterocycles. The molecule has 118 valence electrons. The highest BCUT2D eigenvalue weighted by molar-refractivity contribution is 7.20. The van der Waals surface area contributed by atoms with Crippen molar-refractivity contribution in [3.63, 3.8) is 0 Å². The Labute approximate surface area is 137 Å². The Morgan fingerprint density at radius 1 is 1.09 bits per heavy atom. The maximum absolute atomic E-state index is 11.1. The molecular formula is C18H16O4S. The first-order valence-corrected chi connectivity index (χ1v) is 8.09. The van der Waals surface area contributed by atoms with Crippen LogP contribution < -0.4 is 9.47 Å². The summed E-state index contributed by atoms with van der Waals surface area (Å²) in [7, 11) is 0. The summed E-state index contributed by atoms with van der Waals surface area (Å²) in [6.45, 7) is 2.86. The maximum atomic E-state index is 11.1. The summed E-state index contributed by atoms with van der Waals surface area (Å²) >= 11 is 1.23. The van der Waals surface area contributed by atoms with Crippen LogP contribution in [0.25, 0.3) is 10.1 Å². The second-order valence-electron chi connectivity index (χ2n) is 4.96. The molecule has 0 saturated carbocycles. The van der Waals surface area contributed by atoms with Gasteiger partial charge >= 0.3 is 5.97 Å². The lowest BCUT2D eigenvalue weighted by molar-refractivity contribution is 0.0702. The van der Waals surface area contributed by atoms with Gasteiger partial charge in [-0.15, -0.1) is 11.3 Å². The van der Waals surface area contributed by atoms with Crippen molar-refractivity contribution >= 4 is 27.4 Å². The Kier molecular flexibility index (Phi) is 4.48. The van der Waals surface area contributed by atoms with Gasteiger partial charge in [-0.1, -0.05) is 30.3 Å². The van der Waals surface area contributed by atoms with Crippen LogP contribution in [0.2, 0.25) is 0 Å². The summed E-state index contributed by atoms with van der Waals surface area (Å²) in [5, 5.41) is 9.98. The quantitative estimate of drug-likeness (QED) is 0.720. The van der Waals surface area contributed by atoms with E-state index in [2.05, 4.69) is 0 Å². The van der Waals surface area contributed by atoms with Crippen LogP contribution in [0.5, 0.6) is 11.5 Å². The Hall–Kier alpha value is -2.53. The van der Waals surface area contributed by atoms with Gasteiger partial charge in [0.15, 0.2) is 11.5 Å². The van der Waals surface area contributed by atoms with Crippen molar-refractivity contribution in [2.24, 2.45) is 0 Å². The van der Waals surface area contributed by atoms with Gasteiger partial charge in [0.25, 0.3) is 0 Å². The molecule has 0 bridgehead atoms. The first-order valence-electron chi connectivity index (χ1n) is 7.27. The number of fused-ring (bicyclic) bond motifs is 1. The highest BCUT2D eigenvalue weighted by Gasteiger charge is 2.13. The first kappa shape index (κ1) is 15.4. The summed E-state index contributed by atoms with van der Waals surface area (Å²) in [4.78, 5) is 11.4. The molecule has 3 aromatic rings. The van der Waals surface area contributed by atoms with E-state index < -0.39 is 5.97 Å². The van der Waals surface area contributed by atoms with Crippen LogP contribution >= 0.6 is 11.3 Å². The second kappa shape index (κ2) is 6.71. The molecule has 4 nitrogen and oxygen atoms in total. The normalized spacial score (nSPS) is 10.7. The molecule has 0 atom stereocenters. The number of benzene rings is 2. The molecule has 23 heavy (non-hydrogen) atoms. The highest BCUT2D eigenvalue weighted by Crippen LogP contribution is 2.37. The number of carbonyl (C=O) groups is 1. The van der Waals surface area contributed by atoms with Crippen LogP contribution in [0.15, 0.2) is 48.5 Å². The van der Waals surface area contributed by atoms with E-state index in [-0.39, 0.29) is 0 Å². The van der Waals surface area contributed by atoms with Crippen LogP contribution in [-0.2, 0) is 6.61 Å². The van der Waals surface area contributed by atoms with Gasteiger partial charge in [0.1, 0.15) is 11.5 Å². The zero-order chi connectivity index (χ0) is 16.2. The van der Waals surface area contributed by atoms with E-state index in [1.807, 2.05) is 49.4 Å². The molecule has 3 rings (SSSR count). The second-order valence-corrected chi connectivity index (χ2v) is 6.04. The number of carboxylic acid groups (broad SMARTS) is 1. The van der Waals surface area contributed by atoms with Crippen molar-refractivity contribution < 1.29 is 19.4 Å². The summed E-state index contributed by atoms with van der Waals surface area (Å²) in [5.74, 6) is 0.337. The molecule has 0 spiro atoms. The average molecular weight is 328 g/mol. The Bertz CT molecular complexity index is 824. The van der Waals surface area contributed by atoms with Crippen molar-refractivity contribution in [2.75, 3.05) is 6.61 Å². The van der Waals surface area contributed by atoms with Crippen LogP contribution in [0.4, 0.5) is 0 Å². The van der Waals surface area contributed by atoms with E-state index >= 15 is 0 Å². The molecule has 0 saturated heterocycles. The van der Waals surface area contributed by atoms with Crippen LogP contribution in [0.3, 0.4) is 0 Å². The van der Waals surface area contributed by atoms with Crippen LogP contribution in [0, 0.1) is 0 Å². The van der Waals surface area contributed by atoms with Crippen molar-refractivity contribution in [3.05, 3.63) is 59.0 Å². The lowest BCUT2D eigenvalue weighted by atomic mass is 10.2. The minimum atomic E-state index is -0.920. The molecule has 0 aliphatic heterocycles. The van der Waals surface area contributed by atoms with Gasteiger partial charge < -0.3 is 14.6 Å². The topological polar surface area (TPSA) is 55.8 Å². The third kappa shape index (κ3) is 3.46. The van der Waals surface area contributed by atoms with E-state index in [9.17, 15) is 4.79 Å². The fourth-order valence-corrected chi connectivity index (χ4v) is 3.18. The van der Waals surface area contributed by atoms with Crippen molar-refractivity contribution in [2.45, 2.75) is 13.5 Å². The zero-order valence-corrected chi connectivity index (χ0v) is 13.4. The summed E-state index contributed by atoms with van der Waals surface area (Å²) in [6, 6.07) is 15.2. The minimum Gasteiger partial charge on any atom is -0.490 e. The van der Waals surface area contributed by atoms with Crippen molar-refractivity contribution in [1.29, 1.82) is 0 Å². The third-order valence-corrected chi connectivity index (χ3v) is 4.42. The standard InChI is InChI=1S/C18H16O4S/c1-2-21-14-8-13-9-17(18(19)20)23-16(13)10-15(14)22-11-12-6-4-3-5-7-12/h3-10H,2,11H2,1H3,(H,19,20). The zero-order valence-electron chi connectivity index (χ0n) is 12.6. The smallest absolute Gasteiger partial charge is 0.345 e. The monoisotopic (exact) mass is 328 g/mol. The molecule has 1 N–H and O–H groups in total. The summed E-state index contributed by atoms with van der Waals surface area (Å²) in [6.07, 6.45) is 0. The minimum absolute atomic E-state index is 0.308. The number of hydrogen-bond acceptors (Lipinski definition) is 4. The van der Waals surface area contributed by atoms with Crippen molar-refractivity contribution in [1.82, 2.24) is 0 Å². The predicted molar refractivity (Wildman–Crippen MR) is 90.7 cm³/mol. The SMILES string of the molecule is CCOc1cc2cc(C(=O)O)sc2cc1OCc1ccccc1. The number of rotatable bonds is 6. The van der Waals surface area contributed by atoms with E-state index in [1.165, 1.54) is 11.3 Å². The fourth-order valence-electron chi connectivity index (χ4n) is 2.27. The molecule has 2 aromatic carbocycles. The number of hydrogen-bond donors (Lipinski definition) is 1. The van der Waals surface area contributed by atoms with E-state index in [0.29, 0.717) is 29.6 Å². The molecular weight excluding hydrogens is 312 g/mol.